The van der Waals surface area contributed by atoms with Crippen LogP contribution in [0.3, 0.4) is 0 Å². The summed E-state index contributed by atoms with van der Waals surface area (Å²) >= 11 is 0. The number of guanidine groups is 1. The van der Waals surface area contributed by atoms with Crippen LogP contribution >= 0.6 is 24.0 Å². The van der Waals surface area contributed by atoms with Gasteiger partial charge in [-0.15, -0.1) is 24.0 Å². The van der Waals surface area contributed by atoms with Gasteiger partial charge in [-0.05, 0) is 38.0 Å². The van der Waals surface area contributed by atoms with Gasteiger partial charge in [0.05, 0.1) is 24.7 Å². The molecule has 172 valence electrons. The summed E-state index contributed by atoms with van der Waals surface area (Å²) in [5.74, 6) is 2.80. The molecular weight excluding hydrogens is 519 g/mol. The highest BCUT2D eigenvalue weighted by atomic mass is 127. The number of nitrogens with one attached hydrogen (secondary N) is 2. The average Bonchev–Trinajstić information content (AvgIpc) is 2.70. The van der Waals surface area contributed by atoms with E-state index in [0.717, 1.165) is 49.1 Å². The lowest BCUT2D eigenvalue weighted by atomic mass is 10.1. The van der Waals surface area contributed by atoms with Crippen LogP contribution in [0.15, 0.2) is 23.2 Å². The van der Waals surface area contributed by atoms with Gasteiger partial charge in [-0.2, -0.15) is 0 Å². The highest BCUT2D eigenvalue weighted by Crippen LogP contribution is 2.28. The Kier molecular flexibility index (Phi) is 12.4. The highest BCUT2D eigenvalue weighted by molar-refractivity contribution is 14.0. The fourth-order valence-electron chi connectivity index (χ4n) is 3.10. The maximum atomic E-state index is 11.5. The van der Waals surface area contributed by atoms with Crippen LogP contribution in [0.4, 0.5) is 0 Å². The number of ether oxygens (including phenoxy) is 2. The molecule has 0 radical (unpaired) electrons. The minimum Gasteiger partial charge on any atom is -0.490 e. The number of rotatable bonds is 10. The van der Waals surface area contributed by atoms with Crippen molar-refractivity contribution >= 4 is 39.8 Å². The smallest absolute Gasteiger partial charge is 0.191 e. The van der Waals surface area contributed by atoms with Gasteiger partial charge in [-0.3, -0.25) is 9.89 Å². The molecule has 1 aliphatic rings. The summed E-state index contributed by atoms with van der Waals surface area (Å²) in [6.45, 7) is 8.59. The second kappa shape index (κ2) is 13.9. The molecule has 1 aliphatic heterocycles. The molecule has 1 heterocycles. The fraction of sp³-hybridized carbons (Fsp3) is 0.650. The van der Waals surface area contributed by atoms with E-state index >= 15 is 0 Å². The lowest BCUT2D eigenvalue weighted by Gasteiger charge is -2.26. The maximum absolute atomic E-state index is 11.5. The number of aliphatic imine (C=N–C) groups is 1. The Hall–Kier alpha value is -1.27. The van der Waals surface area contributed by atoms with Crippen LogP contribution in [-0.2, 0) is 16.3 Å². The molecule has 30 heavy (non-hydrogen) atoms. The Balaban J connectivity index is 0.00000450. The van der Waals surface area contributed by atoms with Crippen molar-refractivity contribution in [1.29, 1.82) is 0 Å². The minimum atomic E-state index is -2.83. The van der Waals surface area contributed by atoms with E-state index in [-0.39, 0.29) is 35.5 Å². The van der Waals surface area contributed by atoms with Gasteiger partial charge in [0.25, 0.3) is 0 Å². The zero-order chi connectivity index (χ0) is 21.1. The molecule has 0 spiro atoms. The van der Waals surface area contributed by atoms with Crippen LogP contribution in [0.25, 0.3) is 0 Å². The summed E-state index contributed by atoms with van der Waals surface area (Å²) in [6, 6.07) is 6.03. The van der Waals surface area contributed by atoms with Gasteiger partial charge in [0.2, 0.25) is 0 Å². The molecule has 1 fully saturated rings. The first-order valence-corrected chi connectivity index (χ1v) is 12.1. The van der Waals surface area contributed by atoms with E-state index in [1.807, 2.05) is 26.0 Å². The summed E-state index contributed by atoms with van der Waals surface area (Å²) in [5, 5.41) is 6.60. The zero-order valence-corrected chi connectivity index (χ0v) is 21.3. The van der Waals surface area contributed by atoms with Crippen molar-refractivity contribution in [2.75, 3.05) is 64.5 Å². The van der Waals surface area contributed by atoms with Crippen molar-refractivity contribution in [1.82, 2.24) is 15.5 Å². The number of hydrogen-bond donors (Lipinski definition) is 2. The van der Waals surface area contributed by atoms with Gasteiger partial charge in [0.15, 0.2) is 27.3 Å². The first-order chi connectivity index (χ1) is 14.0. The second-order valence-electron chi connectivity index (χ2n) is 6.82. The minimum absolute atomic E-state index is 0. The summed E-state index contributed by atoms with van der Waals surface area (Å²) in [4.78, 5) is 6.41. The van der Waals surface area contributed by atoms with E-state index < -0.39 is 9.84 Å². The van der Waals surface area contributed by atoms with Crippen LogP contribution in [-0.4, -0.2) is 83.8 Å². The van der Waals surface area contributed by atoms with E-state index in [1.165, 1.54) is 0 Å². The van der Waals surface area contributed by atoms with E-state index in [0.29, 0.717) is 26.3 Å². The third-order valence-corrected chi connectivity index (χ3v) is 6.30. The second-order valence-corrected chi connectivity index (χ2v) is 9.12. The summed E-state index contributed by atoms with van der Waals surface area (Å²) in [6.07, 6.45) is 0.831. The largest absolute Gasteiger partial charge is 0.490 e. The van der Waals surface area contributed by atoms with E-state index in [9.17, 15) is 8.42 Å². The number of benzene rings is 1. The number of halogens is 1. The Bertz CT molecular complexity index is 760. The lowest BCUT2D eigenvalue weighted by Crippen LogP contribution is -2.46. The van der Waals surface area contributed by atoms with Crippen molar-refractivity contribution in [3.05, 3.63) is 23.8 Å². The predicted octanol–water partition coefficient (Wildman–Crippen LogP) is 1.54. The van der Waals surface area contributed by atoms with Crippen molar-refractivity contribution in [2.45, 2.75) is 20.3 Å². The molecule has 10 heteroatoms. The van der Waals surface area contributed by atoms with Gasteiger partial charge in [-0.25, -0.2) is 8.42 Å². The maximum Gasteiger partial charge on any atom is 0.191 e. The fourth-order valence-corrected chi connectivity index (χ4v) is 4.38. The molecular formula is C20H35IN4O4S. The monoisotopic (exact) mass is 554 g/mol. The van der Waals surface area contributed by atoms with Crippen LogP contribution in [0.5, 0.6) is 11.5 Å². The molecule has 0 aliphatic carbocycles. The average molecular weight is 554 g/mol. The quantitative estimate of drug-likeness (QED) is 0.258. The molecule has 1 saturated heterocycles. The standard InChI is InChI=1S/C20H34N4O4S.HI/c1-4-27-18-7-6-17(16-19(18)28-5-2)8-9-22-20(21-3)23-10-11-24-12-14-29(25,26)15-13-24;/h6-7,16H,4-5,8-15H2,1-3H3,(H2,21,22,23);1H. The Labute approximate surface area is 197 Å². The Morgan fingerprint density at radius 2 is 1.70 bits per heavy atom. The normalized spacial score (nSPS) is 16.4. The number of sulfone groups is 1. The SMILES string of the molecule is CCOc1ccc(CCNC(=NC)NCCN2CCS(=O)(=O)CC2)cc1OCC.I. The molecule has 0 bridgehead atoms. The molecule has 2 rings (SSSR count). The van der Waals surface area contributed by atoms with Gasteiger partial charge < -0.3 is 20.1 Å². The third-order valence-electron chi connectivity index (χ3n) is 4.70. The van der Waals surface area contributed by atoms with Gasteiger partial charge in [0, 0.05) is 39.8 Å². The van der Waals surface area contributed by atoms with Crippen molar-refractivity contribution in [3.8, 4) is 11.5 Å². The topological polar surface area (TPSA) is 92.3 Å². The molecule has 1 aromatic rings. The Morgan fingerprint density at radius 1 is 1.07 bits per heavy atom. The summed E-state index contributed by atoms with van der Waals surface area (Å²) < 4.78 is 34.2. The van der Waals surface area contributed by atoms with E-state index in [1.54, 1.807) is 7.05 Å². The van der Waals surface area contributed by atoms with Crippen molar-refractivity contribution in [3.63, 3.8) is 0 Å². The van der Waals surface area contributed by atoms with Gasteiger partial charge in [-0.1, -0.05) is 6.07 Å². The van der Waals surface area contributed by atoms with Crippen LogP contribution in [0.1, 0.15) is 19.4 Å². The van der Waals surface area contributed by atoms with Crippen LogP contribution in [0, 0.1) is 0 Å². The third kappa shape index (κ3) is 9.25. The molecule has 1 aromatic carbocycles. The molecule has 0 amide bonds. The summed E-state index contributed by atoms with van der Waals surface area (Å²) in [7, 11) is -1.09. The molecule has 0 saturated carbocycles. The molecule has 0 aromatic heterocycles. The van der Waals surface area contributed by atoms with Gasteiger partial charge >= 0.3 is 0 Å². The number of nitrogens with zero attached hydrogens (tertiary/aromatic N) is 2. The Morgan fingerprint density at radius 3 is 2.33 bits per heavy atom. The molecule has 2 N–H and O–H groups in total. The first-order valence-electron chi connectivity index (χ1n) is 10.2. The van der Waals surface area contributed by atoms with E-state index in [4.69, 9.17) is 9.47 Å². The van der Waals surface area contributed by atoms with Gasteiger partial charge in [0.1, 0.15) is 0 Å². The van der Waals surface area contributed by atoms with Crippen molar-refractivity contribution in [2.24, 2.45) is 4.99 Å². The molecule has 0 unspecified atom stereocenters. The first kappa shape index (κ1) is 26.8. The van der Waals surface area contributed by atoms with E-state index in [2.05, 4.69) is 26.6 Å². The molecule has 0 atom stereocenters. The zero-order valence-electron chi connectivity index (χ0n) is 18.1. The van der Waals surface area contributed by atoms with Crippen LogP contribution in [0.2, 0.25) is 0 Å². The lowest BCUT2D eigenvalue weighted by molar-refractivity contribution is 0.287. The highest BCUT2D eigenvalue weighted by Gasteiger charge is 2.20. The van der Waals surface area contributed by atoms with Crippen LogP contribution < -0.4 is 20.1 Å². The summed E-state index contributed by atoms with van der Waals surface area (Å²) in [5.41, 5.74) is 1.16. The number of hydrogen-bond acceptors (Lipinski definition) is 6. The molecule has 8 nitrogen and oxygen atoms in total. The predicted molar refractivity (Wildman–Crippen MR) is 132 cm³/mol. The van der Waals surface area contributed by atoms with Crippen molar-refractivity contribution < 1.29 is 17.9 Å².